The predicted molar refractivity (Wildman–Crippen MR) is 77.1 cm³/mol. The number of benzene rings is 1. The third-order valence-corrected chi connectivity index (χ3v) is 4.59. The van der Waals surface area contributed by atoms with Crippen LogP contribution >= 0.6 is 0 Å². The second-order valence-electron chi connectivity index (χ2n) is 4.50. The molecule has 1 amide bonds. The van der Waals surface area contributed by atoms with Gasteiger partial charge in [-0.05, 0) is 24.1 Å². The van der Waals surface area contributed by atoms with E-state index < -0.39 is 15.9 Å². The van der Waals surface area contributed by atoms with Crippen LogP contribution in [0, 0.1) is 0 Å². The van der Waals surface area contributed by atoms with Gasteiger partial charge in [-0.1, -0.05) is 19.1 Å². The first-order valence-electron chi connectivity index (χ1n) is 6.35. The molecule has 6 nitrogen and oxygen atoms in total. The Morgan fingerprint density at radius 1 is 1.35 bits per heavy atom. The lowest BCUT2D eigenvalue weighted by atomic mass is 10.1. The summed E-state index contributed by atoms with van der Waals surface area (Å²) >= 11 is 0. The van der Waals surface area contributed by atoms with Crippen LogP contribution in [0.15, 0.2) is 24.3 Å². The maximum absolute atomic E-state index is 11.7. The fourth-order valence-electron chi connectivity index (χ4n) is 1.58. The Bertz CT molecular complexity index is 540. The minimum absolute atomic E-state index is 0.0580. The molecule has 1 aromatic carbocycles. The van der Waals surface area contributed by atoms with Crippen molar-refractivity contribution in [3.63, 3.8) is 0 Å². The molecule has 0 saturated heterocycles. The molecular weight excluding hydrogens is 280 g/mol. The molecule has 0 aliphatic rings. The molecule has 0 unspecified atom stereocenters. The normalized spacial score (nSPS) is 12.9. The van der Waals surface area contributed by atoms with Crippen LogP contribution in [0.25, 0.3) is 0 Å². The van der Waals surface area contributed by atoms with Crippen molar-refractivity contribution in [3.8, 4) is 5.75 Å². The zero-order valence-electron chi connectivity index (χ0n) is 11.4. The number of carbonyl (C=O) groups is 1. The van der Waals surface area contributed by atoms with Crippen molar-refractivity contribution >= 4 is 15.7 Å². The molecule has 0 heterocycles. The van der Waals surface area contributed by atoms with Crippen LogP contribution < -0.4 is 11.1 Å². The van der Waals surface area contributed by atoms with E-state index in [0.717, 1.165) is 5.56 Å². The standard InChI is InChI=1S/C13H20N2O4S/c1-2-20(18,19)8-7-15-13(17)12(14)9-10-3-5-11(16)6-4-10/h3-6,12,16H,2,7-9,14H2,1H3,(H,15,17)/t12-/m0/s1. The van der Waals surface area contributed by atoms with Crippen LogP contribution in [0.1, 0.15) is 12.5 Å². The number of aromatic hydroxyl groups is 1. The number of amides is 1. The molecule has 0 radical (unpaired) electrons. The van der Waals surface area contributed by atoms with Crippen LogP contribution in [0.5, 0.6) is 5.75 Å². The van der Waals surface area contributed by atoms with E-state index in [1.54, 1.807) is 19.1 Å². The summed E-state index contributed by atoms with van der Waals surface area (Å²) < 4.78 is 22.5. The monoisotopic (exact) mass is 300 g/mol. The van der Waals surface area contributed by atoms with Gasteiger partial charge >= 0.3 is 0 Å². The van der Waals surface area contributed by atoms with Gasteiger partial charge in [-0.25, -0.2) is 8.42 Å². The van der Waals surface area contributed by atoms with E-state index in [1.165, 1.54) is 12.1 Å². The summed E-state index contributed by atoms with van der Waals surface area (Å²) in [4.78, 5) is 11.7. The largest absolute Gasteiger partial charge is 0.508 e. The van der Waals surface area contributed by atoms with Gasteiger partial charge < -0.3 is 16.2 Å². The average molecular weight is 300 g/mol. The van der Waals surface area contributed by atoms with E-state index >= 15 is 0 Å². The van der Waals surface area contributed by atoms with E-state index in [0.29, 0.717) is 6.42 Å². The molecule has 0 aliphatic carbocycles. The number of phenols is 1. The second kappa shape index (κ2) is 7.25. The lowest BCUT2D eigenvalue weighted by Gasteiger charge is -2.12. The molecule has 112 valence electrons. The minimum atomic E-state index is -3.09. The van der Waals surface area contributed by atoms with Gasteiger partial charge in [0.15, 0.2) is 9.84 Å². The number of hydrogen-bond donors (Lipinski definition) is 3. The van der Waals surface area contributed by atoms with Crippen LogP contribution in [0.3, 0.4) is 0 Å². The fourth-order valence-corrected chi connectivity index (χ4v) is 2.29. The highest BCUT2D eigenvalue weighted by molar-refractivity contribution is 7.91. The van der Waals surface area contributed by atoms with Crippen LogP contribution in [0.2, 0.25) is 0 Å². The third kappa shape index (κ3) is 5.58. The van der Waals surface area contributed by atoms with Crippen molar-refractivity contribution in [2.45, 2.75) is 19.4 Å². The maximum Gasteiger partial charge on any atom is 0.237 e. The van der Waals surface area contributed by atoms with Crippen molar-refractivity contribution in [1.29, 1.82) is 0 Å². The molecule has 0 saturated carbocycles. The Balaban J connectivity index is 2.41. The van der Waals surface area contributed by atoms with Gasteiger partial charge in [0, 0.05) is 12.3 Å². The lowest BCUT2D eigenvalue weighted by Crippen LogP contribution is -2.43. The Kier molecular flexibility index (Phi) is 5.97. The number of carbonyl (C=O) groups excluding carboxylic acids is 1. The van der Waals surface area contributed by atoms with Gasteiger partial charge in [-0.3, -0.25) is 4.79 Å². The number of phenolic OH excluding ortho intramolecular Hbond substituents is 1. The summed E-state index contributed by atoms with van der Waals surface area (Å²) in [5.41, 5.74) is 6.57. The van der Waals surface area contributed by atoms with Crippen molar-refractivity contribution < 1.29 is 18.3 Å². The molecule has 7 heteroatoms. The van der Waals surface area contributed by atoms with Gasteiger partial charge in [0.2, 0.25) is 5.91 Å². The Hall–Kier alpha value is -1.60. The maximum atomic E-state index is 11.7. The molecule has 0 aliphatic heterocycles. The molecule has 0 aromatic heterocycles. The van der Waals surface area contributed by atoms with Crippen LogP contribution in [0.4, 0.5) is 0 Å². The predicted octanol–water partition coefficient (Wildman–Crippen LogP) is -0.187. The summed E-state index contributed by atoms with van der Waals surface area (Å²) in [7, 11) is -3.09. The molecule has 1 atom stereocenters. The van der Waals surface area contributed by atoms with E-state index in [4.69, 9.17) is 10.8 Å². The highest BCUT2D eigenvalue weighted by Crippen LogP contribution is 2.10. The first-order valence-corrected chi connectivity index (χ1v) is 8.18. The smallest absolute Gasteiger partial charge is 0.237 e. The fraction of sp³-hybridized carbons (Fsp3) is 0.462. The van der Waals surface area contributed by atoms with E-state index in [9.17, 15) is 13.2 Å². The topological polar surface area (TPSA) is 109 Å². The molecule has 4 N–H and O–H groups in total. The minimum Gasteiger partial charge on any atom is -0.508 e. The first kappa shape index (κ1) is 16.5. The van der Waals surface area contributed by atoms with Gasteiger partial charge in [0.1, 0.15) is 5.75 Å². The highest BCUT2D eigenvalue weighted by Gasteiger charge is 2.15. The summed E-state index contributed by atoms with van der Waals surface area (Å²) in [6.45, 7) is 1.63. The summed E-state index contributed by atoms with van der Waals surface area (Å²) in [6.07, 6.45) is 0.326. The SMILES string of the molecule is CCS(=O)(=O)CCNC(=O)[C@@H](N)Cc1ccc(O)cc1. The summed E-state index contributed by atoms with van der Waals surface area (Å²) in [5.74, 6) is -0.259. The van der Waals surface area contributed by atoms with Crippen LogP contribution in [-0.4, -0.2) is 43.5 Å². The molecule has 1 rings (SSSR count). The van der Waals surface area contributed by atoms with Crippen LogP contribution in [-0.2, 0) is 21.1 Å². The van der Waals surface area contributed by atoms with Gasteiger partial charge in [0.25, 0.3) is 0 Å². The van der Waals surface area contributed by atoms with E-state index in [1.807, 2.05) is 0 Å². The first-order chi connectivity index (χ1) is 9.34. The number of hydrogen-bond acceptors (Lipinski definition) is 5. The average Bonchev–Trinajstić information content (AvgIpc) is 2.41. The molecule has 1 aromatic rings. The molecule has 20 heavy (non-hydrogen) atoms. The van der Waals surface area contributed by atoms with Crippen molar-refractivity contribution in [3.05, 3.63) is 29.8 Å². The van der Waals surface area contributed by atoms with E-state index in [-0.39, 0.29) is 29.7 Å². The van der Waals surface area contributed by atoms with E-state index in [2.05, 4.69) is 5.32 Å². The number of sulfone groups is 1. The summed E-state index contributed by atoms with van der Waals surface area (Å²) in [5, 5.41) is 11.7. The number of nitrogens with two attached hydrogens (primary N) is 1. The number of nitrogens with one attached hydrogen (secondary N) is 1. The zero-order valence-corrected chi connectivity index (χ0v) is 12.2. The number of rotatable bonds is 7. The zero-order chi connectivity index (χ0) is 15.2. The molecule has 0 spiro atoms. The lowest BCUT2D eigenvalue weighted by molar-refractivity contribution is -0.122. The summed E-state index contributed by atoms with van der Waals surface area (Å²) in [6, 6.07) is 5.67. The van der Waals surface area contributed by atoms with Gasteiger partial charge in [-0.15, -0.1) is 0 Å². The Morgan fingerprint density at radius 3 is 2.50 bits per heavy atom. The van der Waals surface area contributed by atoms with Crippen molar-refractivity contribution in [2.24, 2.45) is 5.73 Å². The quantitative estimate of drug-likeness (QED) is 0.647. The van der Waals surface area contributed by atoms with Gasteiger partial charge in [-0.2, -0.15) is 0 Å². The molecule has 0 bridgehead atoms. The van der Waals surface area contributed by atoms with Gasteiger partial charge in [0.05, 0.1) is 11.8 Å². The van der Waals surface area contributed by atoms with Crippen molar-refractivity contribution in [1.82, 2.24) is 5.32 Å². The third-order valence-electron chi connectivity index (χ3n) is 2.88. The highest BCUT2D eigenvalue weighted by atomic mass is 32.2. The molecule has 0 fully saturated rings. The Labute approximate surface area is 118 Å². The second-order valence-corrected chi connectivity index (χ2v) is 6.98. The Morgan fingerprint density at radius 2 is 1.95 bits per heavy atom. The van der Waals surface area contributed by atoms with Crippen molar-refractivity contribution in [2.75, 3.05) is 18.1 Å². The molecular formula is C13H20N2O4S.